The summed E-state index contributed by atoms with van der Waals surface area (Å²) in [5.74, 6) is 0.406. The van der Waals surface area contributed by atoms with Crippen LogP contribution in [0.5, 0.6) is 0 Å². The van der Waals surface area contributed by atoms with E-state index in [4.69, 9.17) is 5.73 Å². The first kappa shape index (κ1) is 7.71. The Balaban J connectivity index is 2.14. The molecule has 0 fully saturated rings. The van der Waals surface area contributed by atoms with Crippen molar-refractivity contribution in [3.63, 3.8) is 0 Å². The van der Waals surface area contributed by atoms with Gasteiger partial charge in [-0.15, -0.1) is 5.10 Å². The van der Waals surface area contributed by atoms with Gasteiger partial charge in [0.25, 0.3) is 0 Å². The molecule has 13 heavy (non-hydrogen) atoms. The molecule has 2 aromatic rings. The Morgan fingerprint density at radius 2 is 2.15 bits per heavy atom. The third-order valence-electron chi connectivity index (χ3n) is 1.50. The van der Waals surface area contributed by atoms with E-state index in [1.165, 1.54) is 15.8 Å². The Morgan fingerprint density at radius 1 is 1.31 bits per heavy atom. The van der Waals surface area contributed by atoms with Crippen LogP contribution in [-0.4, -0.2) is 30.0 Å². The molecule has 0 aromatic carbocycles. The van der Waals surface area contributed by atoms with Crippen molar-refractivity contribution in [2.24, 2.45) is 7.05 Å². The number of aryl methyl sites for hydroxylation is 1. The molecule has 0 radical (unpaired) electrons. The van der Waals surface area contributed by atoms with Crippen LogP contribution >= 0.6 is 0 Å². The zero-order valence-corrected chi connectivity index (χ0v) is 7.12. The first-order valence-electron chi connectivity index (χ1n) is 3.75. The van der Waals surface area contributed by atoms with Gasteiger partial charge in [0.2, 0.25) is 0 Å². The number of nitrogens with zero attached hydrogens (tertiary/aromatic N) is 6. The second kappa shape index (κ2) is 2.85. The van der Waals surface area contributed by atoms with Gasteiger partial charge in [0, 0.05) is 7.05 Å². The highest BCUT2D eigenvalue weighted by molar-refractivity contribution is 5.19. The molecule has 2 rings (SSSR count). The molecule has 0 amide bonds. The van der Waals surface area contributed by atoms with E-state index in [0.29, 0.717) is 12.4 Å². The highest BCUT2D eigenvalue weighted by Crippen LogP contribution is 1.96. The Morgan fingerprint density at radius 3 is 2.69 bits per heavy atom. The molecule has 0 saturated carbocycles. The van der Waals surface area contributed by atoms with Crippen LogP contribution in [0.3, 0.4) is 0 Å². The van der Waals surface area contributed by atoms with Crippen LogP contribution in [0.4, 0.5) is 5.82 Å². The molecule has 0 bridgehead atoms. The van der Waals surface area contributed by atoms with Crippen molar-refractivity contribution in [3.8, 4) is 0 Å². The molecule has 7 heteroatoms. The predicted molar refractivity (Wildman–Crippen MR) is 44.5 cm³/mol. The van der Waals surface area contributed by atoms with Crippen molar-refractivity contribution in [1.29, 1.82) is 0 Å². The minimum Gasteiger partial charge on any atom is -0.381 e. The van der Waals surface area contributed by atoms with E-state index in [9.17, 15) is 0 Å². The quantitative estimate of drug-likeness (QED) is 0.641. The van der Waals surface area contributed by atoms with Crippen molar-refractivity contribution in [1.82, 2.24) is 30.0 Å². The zero-order chi connectivity index (χ0) is 9.26. The second-order valence-electron chi connectivity index (χ2n) is 2.63. The van der Waals surface area contributed by atoms with Gasteiger partial charge in [-0.25, -0.2) is 0 Å². The molecule has 2 aromatic heterocycles. The van der Waals surface area contributed by atoms with Gasteiger partial charge in [0.05, 0.1) is 12.4 Å². The largest absolute Gasteiger partial charge is 0.381 e. The first-order valence-corrected chi connectivity index (χ1v) is 3.75. The van der Waals surface area contributed by atoms with Gasteiger partial charge in [0.15, 0.2) is 5.82 Å². The highest BCUT2D eigenvalue weighted by Gasteiger charge is 2.01. The monoisotopic (exact) mass is 179 g/mol. The van der Waals surface area contributed by atoms with Gasteiger partial charge in [0.1, 0.15) is 12.2 Å². The number of nitrogen functional groups attached to an aromatic ring is 1. The topological polar surface area (TPSA) is 87.4 Å². The minimum absolute atomic E-state index is 0.406. The third kappa shape index (κ3) is 1.63. The molecule has 0 aliphatic rings. The number of nitrogens with two attached hydrogens (primary N) is 1. The van der Waals surface area contributed by atoms with Crippen LogP contribution in [-0.2, 0) is 13.6 Å². The van der Waals surface area contributed by atoms with Crippen LogP contribution in [0.15, 0.2) is 12.4 Å². The summed E-state index contributed by atoms with van der Waals surface area (Å²) in [5.41, 5.74) is 6.21. The lowest BCUT2D eigenvalue weighted by atomic mass is 10.5. The van der Waals surface area contributed by atoms with Gasteiger partial charge in [-0.05, 0) is 0 Å². The lowest BCUT2D eigenvalue weighted by Crippen LogP contribution is -2.05. The zero-order valence-electron chi connectivity index (χ0n) is 7.12. The fourth-order valence-corrected chi connectivity index (χ4v) is 0.992. The number of hydrogen-bond donors (Lipinski definition) is 1. The van der Waals surface area contributed by atoms with Gasteiger partial charge in [-0.3, -0.25) is 0 Å². The fraction of sp³-hybridized carbons (Fsp3) is 0.333. The summed E-state index contributed by atoms with van der Waals surface area (Å²) in [6.07, 6.45) is 3.16. The molecule has 0 unspecified atom stereocenters. The Bertz CT molecular complexity index is 362. The molecule has 0 saturated heterocycles. The molecule has 0 aliphatic heterocycles. The molecule has 0 spiro atoms. The third-order valence-corrected chi connectivity index (χ3v) is 1.50. The van der Waals surface area contributed by atoms with Crippen LogP contribution < -0.4 is 5.73 Å². The average Bonchev–Trinajstić information content (AvgIpc) is 2.62. The summed E-state index contributed by atoms with van der Waals surface area (Å²) < 4.78 is 0. The SMILES string of the molecule is Cn1ncc(Cn2ncc(N)n2)n1. The Labute approximate surface area is 74.1 Å². The second-order valence-corrected chi connectivity index (χ2v) is 2.63. The molecule has 68 valence electrons. The summed E-state index contributed by atoms with van der Waals surface area (Å²) in [7, 11) is 1.76. The summed E-state index contributed by atoms with van der Waals surface area (Å²) in [4.78, 5) is 2.96. The Kier molecular flexibility index (Phi) is 1.69. The molecular weight excluding hydrogens is 170 g/mol. The fourth-order valence-electron chi connectivity index (χ4n) is 0.992. The maximum absolute atomic E-state index is 5.40. The highest BCUT2D eigenvalue weighted by atomic mass is 15.5. The van der Waals surface area contributed by atoms with Crippen molar-refractivity contribution in [2.45, 2.75) is 6.54 Å². The smallest absolute Gasteiger partial charge is 0.165 e. The average molecular weight is 179 g/mol. The maximum Gasteiger partial charge on any atom is 0.165 e. The lowest BCUT2D eigenvalue weighted by Gasteiger charge is -1.92. The molecule has 0 atom stereocenters. The van der Waals surface area contributed by atoms with E-state index in [1.807, 2.05) is 0 Å². The van der Waals surface area contributed by atoms with Crippen molar-refractivity contribution >= 4 is 5.82 Å². The summed E-state index contributed by atoms with van der Waals surface area (Å²) in [5, 5.41) is 15.8. The predicted octanol–water partition coefficient (Wildman–Crippen LogP) is -0.963. The van der Waals surface area contributed by atoms with E-state index < -0.39 is 0 Å². The van der Waals surface area contributed by atoms with Crippen molar-refractivity contribution < 1.29 is 0 Å². The standard InChI is InChI=1S/C6H9N7/c1-12-8-2-5(10-12)4-13-9-3-6(7)11-13/h2-3H,4H2,1H3,(H2,7,11). The molecule has 7 nitrogen and oxygen atoms in total. The van der Waals surface area contributed by atoms with E-state index in [-0.39, 0.29) is 0 Å². The minimum atomic E-state index is 0.406. The van der Waals surface area contributed by atoms with Crippen LogP contribution in [0.2, 0.25) is 0 Å². The summed E-state index contributed by atoms with van der Waals surface area (Å²) >= 11 is 0. The molecule has 0 aliphatic carbocycles. The van der Waals surface area contributed by atoms with Gasteiger partial charge >= 0.3 is 0 Å². The Hall–Kier alpha value is -1.92. The van der Waals surface area contributed by atoms with E-state index in [0.717, 1.165) is 5.69 Å². The molecular formula is C6H9N7. The van der Waals surface area contributed by atoms with E-state index in [1.54, 1.807) is 13.2 Å². The number of hydrogen-bond acceptors (Lipinski definition) is 5. The van der Waals surface area contributed by atoms with Gasteiger partial charge < -0.3 is 5.73 Å². The molecule has 2 heterocycles. The van der Waals surface area contributed by atoms with E-state index in [2.05, 4.69) is 20.4 Å². The number of anilines is 1. The van der Waals surface area contributed by atoms with Crippen LogP contribution in [0, 0.1) is 0 Å². The van der Waals surface area contributed by atoms with Gasteiger partial charge in [-0.2, -0.15) is 24.9 Å². The van der Waals surface area contributed by atoms with Crippen molar-refractivity contribution in [3.05, 3.63) is 18.1 Å². The van der Waals surface area contributed by atoms with Crippen LogP contribution in [0.1, 0.15) is 5.69 Å². The van der Waals surface area contributed by atoms with Crippen LogP contribution in [0.25, 0.3) is 0 Å². The molecule has 2 N–H and O–H groups in total. The lowest BCUT2D eigenvalue weighted by molar-refractivity contribution is 0.569. The summed E-state index contributed by atoms with van der Waals surface area (Å²) in [6.45, 7) is 0.491. The number of aromatic nitrogens is 6. The normalized spacial score (nSPS) is 10.5. The van der Waals surface area contributed by atoms with E-state index >= 15 is 0 Å². The maximum atomic E-state index is 5.40. The van der Waals surface area contributed by atoms with Crippen molar-refractivity contribution in [2.75, 3.05) is 5.73 Å². The number of rotatable bonds is 2. The summed E-state index contributed by atoms with van der Waals surface area (Å²) in [6, 6.07) is 0. The first-order chi connectivity index (χ1) is 6.24. The van der Waals surface area contributed by atoms with Gasteiger partial charge in [-0.1, -0.05) is 0 Å².